The molecule has 7 nitrogen and oxygen atoms in total. The molecule has 1 atom stereocenters. The van der Waals surface area contributed by atoms with Crippen molar-refractivity contribution < 1.29 is 24.3 Å². The molecule has 2 N–H and O–H groups in total. The normalized spacial score (nSPS) is 21.4. The molecular weight excluding hydrogens is 336 g/mol. The lowest BCUT2D eigenvalue weighted by molar-refractivity contribution is -0.164. The minimum atomic E-state index is -1.45. The van der Waals surface area contributed by atoms with Crippen molar-refractivity contribution >= 4 is 23.6 Å². The number of likely N-dealkylation sites (tertiary alicyclic amines) is 1. The van der Waals surface area contributed by atoms with Gasteiger partial charge in [-0.25, -0.2) is 0 Å². The van der Waals surface area contributed by atoms with Crippen LogP contribution in [0.1, 0.15) is 30.4 Å². The van der Waals surface area contributed by atoms with Gasteiger partial charge in [-0.1, -0.05) is 36.2 Å². The SMILES string of the molecule is Cc1ccc(CN2CC3(CCC3)C(=O)C(C(=O)NCC(=O)O)C2=O)cc1. The Morgan fingerprint density at radius 3 is 2.42 bits per heavy atom. The van der Waals surface area contributed by atoms with Crippen molar-refractivity contribution in [2.45, 2.75) is 32.7 Å². The van der Waals surface area contributed by atoms with Crippen LogP contribution >= 0.6 is 0 Å². The lowest BCUT2D eigenvalue weighted by Gasteiger charge is -2.49. The summed E-state index contributed by atoms with van der Waals surface area (Å²) in [4.78, 5) is 50.2. The van der Waals surface area contributed by atoms with Gasteiger partial charge < -0.3 is 15.3 Å². The van der Waals surface area contributed by atoms with Crippen LogP contribution in [0.2, 0.25) is 0 Å². The maximum absolute atomic E-state index is 12.8. The topological polar surface area (TPSA) is 104 Å². The number of nitrogens with zero attached hydrogens (tertiary/aromatic N) is 1. The van der Waals surface area contributed by atoms with Crippen molar-refractivity contribution in [3.05, 3.63) is 35.4 Å². The number of ketones is 1. The first-order chi connectivity index (χ1) is 12.3. The lowest BCUT2D eigenvalue weighted by Crippen LogP contribution is -2.62. The Bertz CT molecular complexity index is 752. The quantitative estimate of drug-likeness (QED) is 0.761. The molecule has 26 heavy (non-hydrogen) atoms. The molecule has 7 heteroatoms. The van der Waals surface area contributed by atoms with Gasteiger partial charge in [-0.3, -0.25) is 19.2 Å². The smallest absolute Gasteiger partial charge is 0.322 e. The van der Waals surface area contributed by atoms with Crippen LogP contribution in [0.3, 0.4) is 0 Å². The van der Waals surface area contributed by atoms with Crippen LogP contribution in [0.25, 0.3) is 0 Å². The number of piperidine rings is 1. The average molecular weight is 358 g/mol. The van der Waals surface area contributed by atoms with Crippen molar-refractivity contribution in [2.75, 3.05) is 13.1 Å². The Morgan fingerprint density at radius 2 is 1.88 bits per heavy atom. The number of nitrogens with one attached hydrogen (secondary N) is 1. The number of carboxylic acids is 1. The molecule has 1 aromatic carbocycles. The zero-order valence-electron chi connectivity index (χ0n) is 14.7. The minimum Gasteiger partial charge on any atom is -0.480 e. The first kappa shape index (κ1) is 18.1. The van der Waals surface area contributed by atoms with Crippen molar-refractivity contribution in [1.82, 2.24) is 10.2 Å². The van der Waals surface area contributed by atoms with Crippen LogP contribution in [0.5, 0.6) is 0 Å². The molecule has 1 aliphatic heterocycles. The van der Waals surface area contributed by atoms with Crippen molar-refractivity contribution in [1.29, 1.82) is 0 Å². The van der Waals surface area contributed by atoms with Gasteiger partial charge in [0.25, 0.3) is 0 Å². The first-order valence-electron chi connectivity index (χ1n) is 8.70. The van der Waals surface area contributed by atoms with Crippen LogP contribution in [-0.4, -0.2) is 46.7 Å². The van der Waals surface area contributed by atoms with Gasteiger partial charge in [-0.2, -0.15) is 0 Å². The molecule has 0 bridgehead atoms. The molecule has 0 radical (unpaired) electrons. The number of aryl methyl sites for hydroxylation is 1. The molecule has 1 unspecified atom stereocenters. The summed E-state index contributed by atoms with van der Waals surface area (Å²) in [6, 6.07) is 7.74. The molecule has 0 aromatic heterocycles. The third kappa shape index (κ3) is 3.34. The average Bonchev–Trinajstić information content (AvgIpc) is 2.56. The van der Waals surface area contributed by atoms with Crippen molar-refractivity contribution in [2.24, 2.45) is 11.3 Å². The van der Waals surface area contributed by atoms with Gasteiger partial charge in [0.05, 0.1) is 0 Å². The number of carbonyl (C=O) groups is 4. The maximum atomic E-state index is 12.8. The summed E-state index contributed by atoms with van der Waals surface area (Å²) in [6.07, 6.45) is 2.21. The summed E-state index contributed by atoms with van der Waals surface area (Å²) < 4.78 is 0. The lowest BCUT2D eigenvalue weighted by atomic mass is 9.61. The van der Waals surface area contributed by atoms with Crippen molar-refractivity contribution in [3.8, 4) is 0 Å². The van der Waals surface area contributed by atoms with E-state index < -0.39 is 35.7 Å². The molecule has 2 amide bonds. The van der Waals surface area contributed by atoms with Crippen LogP contribution in [-0.2, 0) is 25.7 Å². The highest BCUT2D eigenvalue weighted by Gasteiger charge is 2.56. The zero-order chi connectivity index (χ0) is 18.9. The van der Waals surface area contributed by atoms with Crippen LogP contribution in [0, 0.1) is 18.3 Å². The molecule has 2 fully saturated rings. The first-order valence-corrected chi connectivity index (χ1v) is 8.70. The van der Waals surface area contributed by atoms with E-state index in [1.165, 1.54) is 0 Å². The Labute approximate surface area is 151 Å². The monoisotopic (exact) mass is 358 g/mol. The summed E-state index contributed by atoms with van der Waals surface area (Å²) >= 11 is 0. The number of benzene rings is 1. The fourth-order valence-electron chi connectivity index (χ4n) is 3.67. The number of carbonyl (C=O) groups excluding carboxylic acids is 3. The van der Waals surface area contributed by atoms with Crippen molar-refractivity contribution in [3.63, 3.8) is 0 Å². The molecule has 1 saturated carbocycles. The number of hydrogen-bond acceptors (Lipinski definition) is 4. The standard InChI is InChI=1S/C19H22N2O5/c1-12-3-5-13(6-4-12)10-21-11-19(7-2-8-19)16(24)15(18(21)26)17(25)20-9-14(22)23/h3-6,15H,2,7-11H2,1H3,(H,20,25)(H,22,23). The number of carboxylic acid groups (broad SMARTS) is 1. The molecular formula is C19H22N2O5. The second-order valence-electron chi connectivity index (χ2n) is 7.22. The van der Waals surface area contributed by atoms with E-state index in [0.29, 0.717) is 25.9 Å². The Morgan fingerprint density at radius 1 is 1.23 bits per heavy atom. The highest BCUT2D eigenvalue weighted by atomic mass is 16.4. The van der Waals surface area contributed by atoms with E-state index in [0.717, 1.165) is 17.5 Å². The second-order valence-corrected chi connectivity index (χ2v) is 7.22. The fraction of sp³-hybridized carbons (Fsp3) is 0.474. The van der Waals surface area contributed by atoms with E-state index in [2.05, 4.69) is 5.32 Å². The zero-order valence-corrected chi connectivity index (χ0v) is 14.7. The Hall–Kier alpha value is -2.70. The van der Waals surface area contributed by atoms with E-state index in [-0.39, 0.29) is 5.78 Å². The molecule has 1 spiro atoms. The third-order valence-electron chi connectivity index (χ3n) is 5.32. The van der Waals surface area contributed by atoms with E-state index in [1.807, 2.05) is 31.2 Å². The number of hydrogen-bond donors (Lipinski definition) is 2. The van der Waals surface area contributed by atoms with E-state index in [9.17, 15) is 19.2 Å². The van der Waals surface area contributed by atoms with Gasteiger partial charge in [0.15, 0.2) is 11.7 Å². The molecule has 138 valence electrons. The van der Waals surface area contributed by atoms with Gasteiger partial charge in [-0.15, -0.1) is 0 Å². The number of rotatable bonds is 5. The summed E-state index contributed by atoms with van der Waals surface area (Å²) in [7, 11) is 0. The summed E-state index contributed by atoms with van der Waals surface area (Å²) in [5.41, 5.74) is 1.37. The predicted octanol–water partition coefficient (Wildman–Crippen LogP) is 0.894. The van der Waals surface area contributed by atoms with E-state index >= 15 is 0 Å². The van der Waals surface area contributed by atoms with Gasteiger partial charge in [-0.05, 0) is 25.3 Å². The highest BCUT2D eigenvalue weighted by Crippen LogP contribution is 2.47. The largest absolute Gasteiger partial charge is 0.480 e. The Kier molecular flexibility index (Phi) is 4.80. The summed E-state index contributed by atoms with van der Waals surface area (Å²) in [6.45, 7) is 2.01. The van der Waals surface area contributed by atoms with E-state index in [1.54, 1.807) is 4.90 Å². The molecule has 3 rings (SSSR count). The molecule has 1 heterocycles. The van der Waals surface area contributed by atoms with Gasteiger partial charge >= 0.3 is 5.97 Å². The van der Waals surface area contributed by atoms with Gasteiger partial charge in [0.1, 0.15) is 6.54 Å². The molecule has 1 aromatic rings. The Balaban J connectivity index is 1.82. The third-order valence-corrected chi connectivity index (χ3v) is 5.32. The van der Waals surface area contributed by atoms with Crippen LogP contribution in [0.15, 0.2) is 24.3 Å². The summed E-state index contributed by atoms with van der Waals surface area (Å²) in [5, 5.41) is 10.9. The highest BCUT2D eigenvalue weighted by molar-refractivity contribution is 6.21. The maximum Gasteiger partial charge on any atom is 0.322 e. The van der Waals surface area contributed by atoms with Gasteiger partial charge in [0.2, 0.25) is 11.8 Å². The predicted molar refractivity (Wildman–Crippen MR) is 92.0 cm³/mol. The number of amides is 2. The fourth-order valence-corrected chi connectivity index (χ4v) is 3.67. The number of aliphatic carboxylic acids is 1. The van der Waals surface area contributed by atoms with E-state index in [4.69, 9.17) is 5.11 Å². The number of Topliss-reactive ketones (excluding diaryl/α,β-unsaturated/α-hetero) is 1. The van der Waals surface area contributed by atoms with Crippen LogP contribution < -0.4 is 5.32 Å². The van der Waals surface area contributed by atoms with Crippen LogP contribution in [0.4, 0.5) is 0 Å². The summed E-state index contributed by atoms with van der Waals surface area (Å²) in [5.74, 6) is -4.40. The molecule has 2 aliphatic rings. The molecule has 1 aliphatic carbocycles. The van der Waals surface area contributed by atoms with Gasteiger partial charge in [0, 0.05) is 18.5 Å². The second kappa shape index (κ2) is 6.90. The minimum absolute atomic E-state index is 0.321. The molecule has 1 saturated heterocycles.